The largest absolute Gasteiger partial charge is 0.349 e. The lowest BCUT2D eigenvalue weighted by atomic mass is 9.88. The first-order valence-corrected chi connectivity index (χ1v) is 9.94. The van der Waals surface area contributed by atoms with Crippen LogP contribution < -0.4 is 5.32 Å². The summed E-state index contributed by atoms with van der Waals surface area (Å²) in [7, 11) is 0. The third-order valence-corrected chi connectivity index (χ3v) is 5.91. The van der Waals surface area contributed by atoms with Crippen LogP contribution >= 0.6 is 35.0 Å². The van der Waals surface area contributed by atoms with Gasteiger partial charge in [0.15, 0.2) is 0 Å². The van der Waals surface area contributed by atoms with E-state index in [1.54, 1.807) is 0 Å². The van der Waals surface area contributed by atoms with E-state index in [2.05, 4.69) is 23.5 Å². The molecule has 0 bridgehead atoms. The van der Waals surface area contributed by atoms with Gasteiger partial charge in [0.1, 0.15) is 0 Å². The van der Waals surface area contributed by atoms with Gasteiger partial charge in [0.05, 0.1) is 11.8 Å². The third kappa shape index (κ3) is 4.27. The van der Waals surface area contributed by atoms with Crippen LogP contribution in [-0.2, 0) is 17.0 Å². The lowest BCUT2D eigenvalue weighted by Gasteiger charge is -2.26. The van der Waals surface area contributed by atoms with Crippen molar-refractivity contribution >= 4 is 40.9 Å². The predicted molar refractivity (Wildman–Crippen MR) is 103 cm³/mol. The average Bonchev–Trinajstić information content (AvgIpc) is 2.58. The van der Waals surface area contributed by atoms with Crippen LogP contribution in [-0.4, -0.2) is 11.7 Å². The van der Waals surface area contributed by atoms with E-state index >= 15 is 0 Å². The van der Waals surface area contributed by atoms with E-state index in [1.807, 2.05) is 24.3 Å². The zero-order valence-electron chi connectivity index (χ0n) is 13.2. The SMILES string of the molecule is O=C(CSCc1c(Cl)cccc1Cl)N[C@H]1CCCc2ccccc21. The minimum atomic E-state index is 0.0601. The Morgan fingerprint density at radius 3 is 2.67 bits per heavy atom. The van der Waals surface area contributed by atoms with Crippen LogP contribution in [0, 0.1) is 0 Å². The number of thioether (sulfide) groups is 1. The molecule has 24 heavy (non-hydrogen) atoms. The van der Waals surface area contributed by atoms with E-state index in [0.29, 0.717) is 21.6 Å². The zero-order chi connectivity index (χ0) is 16.9. The van der Waals surface area contributed by atoms with Crippen LogP contribution in [0.15, 0.2) is 42.5 Å². The van der Waals surface area contributed by atoms with Crippen molar-refractivity contribution in [2.45, 2.75) is 31.1 Å². The summed E-state index contributed by atoms with van der Waals surface area (Å²) in [5.41, 5.74) is 3.50. The number of hydrogen-bond donors (Lipinski definition) is 1. The summed E-state index contributed by atoms with van der Waals surface area (Å²) in [6.07, 6.45) is 3.22. The van der Waals surface area contributed by atoms with Gasteiger partial charge in [0.2, 0.25) is 5.91 Å². The molecule has 3 rings (SSSR count). The molecule has 2 nitrogen and oxygen atoms in total. The molecule has 0 aliphatic heterocycles. The van der Waals surface area contributed by atoms with Crippen molar-refractivity contribution in [3.63, 3.8) is 0 Å². The molecule has 0 aromatic heterocycles. The Bertz CT molecular complexity index is 715. The van der Waals surface area contributed by atoms with Gasteiger partial charge in [0, 0.05) is 15.8 Å². The highest BCUT2D eigenvalue weighted by molar-refractivity contribution is 7.99. The number of hydrogen-bond acceptors (Lipinski definition) is 2. The summed E-state index contributed by atoms with van der Waals surface area (Å²) in [6.45, 7) is 0. The summed E-state index contributed by atoms with van der Waals surface area (Å²) >= 11 is 13.8. The predicted octanol–water partition coefficient (Wildman–Crippen LogP) is 5.42. The van der Waals surface area contributed by atoms with Crippen molar-refractivity contribution in [3.8, 4) is 0 Å². The number of halogens is 2. The molecule has 2 aromatic carbocycles. The number of carbonyl (C=O) groups excluding carboxylic acids is 1. The van der Waals surface area contributed by atoms with E-state index in [9.17, 15) is 4.79 Å². The number of carbonyl (C=O) groups is 1. The highest BCUT2D eigenvalue weighted by atomic mass is 35.5. The molecular weight excluding hydrogens is 361 g/mol. The normalized spacial score (nSPS) is 16.5. The molecule has 0 saturated carbocycles. The van der Waals surface area contributed by atoms with Crippen molar-refractivity contribution in [2.75, 3.05) is 5.75 Å². The van der Waals surface area contributed by atoms with E-state index in [0.717, 1.165) is 24.8 Å². The van der Waals surface area contributed by atoms with Gasteiger partial charge >= 0.3 is 0 Å². The molecule has 0 radical (unpaired) electrons. The minimum Gasteiger partial charge on any atom is -0.349 e. The van der Waals surface area contributed by atoms with Crippen molar-refractivity contribution in [1.82, 2.24) is 5.32 Å². The first kappa shape index (κ1) is 17.7. The molecule has 5 heteroatoms. The molecule has 1 aliphatic carbocycles. The van der Waals surface area contributed by atoms with Gasteiger partial charge < -0.3 is 5.32 Å². The smallest absolute Gasteiger partial charge is 0.230 e. The second-order valence-corrected chi connectivity index (χ2v) is 7.70. The van der Waals surface area contributed by atoms with E-state index in [-0.39, 0.29) is 11.9 Å². The van der Waals surface area contributed by atoms with Crippen molar-refractivity contribution in [1.29, 1.82) is 0 Å². The first-order chi connectivity index (χ1) is 11.6. The Kier molecular flexibility index (Phi) is 6.09. The summed E-state index contributed by atoms with van der Waals surface area (Å²) in [5, 5.41) is 4.46. The number of rotatable bonds is 5. The third-order valence-electron chi connectivity index (χ3n) is 4.25. The molecule has 2 aromatic rings. The second kappa shape index (κ2) is 8.28. The van der Waals surface area contributed by atoms with Crippen LogP contribution in [0.4, 0.5) is 0 Å². The quantitative estimate of drug-likeness (QED) is 0.750. The highest BCUT2D eigenvalue weighted by Gasteiger charge is 2.21. The van der Waals surface area contributed by atoms with Crippen LogP contribution in [0.2, 0.25) is 10.0 Å². The van der Waals surface area contributed by atoms with Crippen LogP contribution in [0.3, 0.4) is 0 Å². The summed E-state index contributed by atoms with van der Waals surface area (Å²) in [6, 6.07) is 14.0. The Balaban J connectivity index is 1.54. The molecule has 1 atom stereocenters. The molecule has 1 N–H and O–H groups in total. The Morgan fingerprint density at radius 2 is 1.88 bits per heavy atom. The molecule has 0 spiro atoms. The lowest BCUT2D eigenvalue weighted by Crippen LogP contribution is -2.32. The lowest BCUT2D eigenvalue weighted by molar-refractivity contribution is -0.119. The summed E-state index contributed by atoms with van der Waals surface area (Å²) in [5.74, 6) is 1.10. The van der Waals surface area contributed by atoms with Crippen LogP contribution in [0.25, 0.3) is 0 Å². The zero-order valence-corrected chi connectivity index (χ0v) is 15.6. The highest BCUT2D eigenvalue weighted by Crippen LogP contribution is 2.30. The van der Waals surface area contributed by atoms with Gasteiger partial charge in [-0.2, -0.15) is 0 Å². The van der Waals surface area contributed by atoms with Gasteiger partial charge in [-0.1, -0.05) is 53.5 Å². The fourth-order valence-electron chi connectivity index (χ4n) is 3.06. The molecule has 0 fully saturated rings. The number of aryl methyl sites for hydroxylation is 1. The summed E-state index contributed by atoms with van der Waals surface area (Å²) in [4.78, 5) is 12.3. The van der Waals surface area contributed by atoms with Crippen LogP contribution in [0.1, 0.15) is 35.6 Å². The maximum atomic E-state index is 12.3. The average molecular weight is 380 g/mol. The van der Waals surface area contributed by atoms with E-state index in [1.165, 1.54) is 22.9 Å². The molecule has 1 amide bonds. The van der Waals surface area contributed by atoms with Crippen LogP contribution in [0.5, 0.6) is 0 Å². The molecule has 0 heterocycles. The van der Waals surface area contributed by atoms with Gasteiger partial charge in [-0.05, 0) is 48.1 Å². The molecule has 126 valence electrons. The van der Waals surface area contributed by atoms with Gasteiger partial charge in [-0.3, -0.25) is 4.79 Å². The Hall–Kier alpha value is -1.16. The molecule has 0 saturated heterocycles. The van der Waals surface area contributed by atoms with Crippen molar-refractivity contribution < 1.29 is 4.79 Å². The summed E-state index contributed by atoms with van der Waals surface area (Å²) < 4.78 is 0. The maximum absolute atomic E-state index is 12.3. The molecule has 0 unspecified atom stereocenters. The fraction of sp³-hybridized carbons (Fsp3) is 0.316. The molecular formula is C19H19Cl2NOS. The van der Waals surface area contributed by atoms with Gasteiger partial charge in [-0.25, -0.2) is 0 Å². The Labute approximate surface area is 156 Å². The van der Waals surface area contributed by atoms with E-state index in [4.69, 9.17) is 23.2 Å². The second-order valence-electron chi connectivity index (χ2n) is 5.90. The number of nitrogens with one attached hydrogen (secondary N) is 1. The number of amides is 1. The number of benzene rings is 2. The minimum absolute atomic E-state index is 0.0601. The maximum Gasteiger partial charge on any atom is 0.230 e. The van der Waals surface area contributed by atoms with Crippen molar-refractivity contribution in [3.05, 3.63) is 69.2 Å². The fourth-order valence-corrected chi connectivity index (χ4v) is 4.63. The van der Waals surface area contributed by atoms with Gasteiger partial charge in [0.25, 0.3) is 0 Å². The number of fused-ring (bicyclic) bond motifs is 1. The first-order valence-electron chi connectivity index (χ1n) is 8.03. The van der Waals surface area contributed by atoms with Crippen molar-refractivity contribution in [2.24, 2.45) is 0 Å². The Morgan fingerprint density at radius 1 is 1.12 bits per heavy atom. The topological polar surface area (TPSA) is 29.1 Å². The van der Waals surface area contributed by atoms with E-state index < -0.39 is 0 Å². The molecule has 1 aliphatic rings. The van der Waals surface area contributed by atoms with Gasteiger partial charge in [-0.15, -0.1) is 11.8 Å². The monoisotopic (exact) mass is 379 g/mol. The standard InChI is InChI=1S/C19H19Cl2NOS/c20-16-8-4-9-17(21)15(16)11-24-12-19(23)22-18-10-3-6-13-5-1-2-7-14(13)18/h1-2,4-5,7-9,18H,3,6,10-12H2,(H,22,23)/t18-/m0/s1.